The Morgan fingerprint density at radius 1 is 1.32 bits per heavy atom. The van der Waals surface area contributed by atoms with Crippen molar-refractivity contribution in [3.05, 3.63) is 17.5 Å². The summed E-state index contributed by atoms with van der Waals surface area (Å²) in [6.07, 6.45) is 2.40. The van der Waals surface area contributed by atoms with Gasteiger partial charge in [-0.25, -0.2) is 9.97 Å². The highest BCUT2D eigenvalue weighted by molar-refractivity contribution is 5.79. The van der Waals surface area contributed by atoms with Crippen LogP contribution in [0.25, 0.3) is 0 Å². The Morgan fingerprint density at radius 3 is 2.59 bits per heavy atom. The van der Waals surface area contributed by atoms with E-state index in [9.17, 15) is 9.90 Å². The van der Waals surface area contributed by atoms with Gasteiger partial charge in [-0.05, 0) is 19.4 Å². The third-order valence-corrected chi connectivity index (χ3v) is 4.78. The minimum Gasteiger partial charge on any atom is -0.480 e. The summed E-state index contributed by atoms with van der Waals surface area (Å²) in [5, 5.41) is 9.61. The second kappa shape index (κ2) is 5.81. The largest absolute Gasteiger partial charge is 0.480 e. The van der Waals surface area contributed by atoms with E-state index in [1.807, 2.05) is 24.9 Å². The van der Waals surface area contributed by atoms with Gasteiger partial charge in [0.05, 0.1) is 6.61 Å². The zero-order valence-corrected chi connectivity index (χ0v) is 13.1. The van der Waals surface area contributed by atoms with Crippen LogP contribution in [0.3, 0.4) is 0 Å². The Kier molecular flexibility index (Phi) is 4.01. The van der Waals surface area contributed by atoms with Crippen molar-refractivity contribution in [3.63, 3.8) is 0 Å². The van der Waals surface area contributed by atoms with Crippen LogP contribution < -0.4 is 4.90 Å². The molecule has 2 aliphatic rings. The highest BCUT2D eigenvalue weighted by atomic mass is 16.5. The van der Waals surface area contributed by atoms with Crippen LogP contribution >= 0.6 is 0 Å². The predicted molar refractivity (Wildman–Crippen MR) is 81.1 cm³/mol. The van der Waals surface area contributed by atoms with E-state index in [-0.39, 0.29) is 6.61 Å². The Balaban J connectivity index is 1.69. The lowest BCUT2D eigenvalue weighted by molar-refractivity contribution is -0.152. The average Bonchev–Trinajstić information content (AvgIpc) is 3.01. The number of hydrogen-bond donors (Lipinski definition) is 1. The van der Waals surface area contributed by atoms with Crippen molar-refractivity contribution in [2.75, 3.05) is 44.3 Å². The maximum absolute atomic E-state index is 11.7. The molecule has 22 heavy (non-hydrogen) atoms. The molecule has 0 aliphatic carbocycles. The van der Waals surface area contributed by atoms with Crippen LogP contribution in [0.15, 0.2) is 6.20 Å². The molecular weight excluding hydrogens is 284 g/mol. The van der Waals surface area contributed by atoms with Crippen molar-refractivity contribution in [3.8, 4) is 0 Å². The summed E-state index contributed by atoms with van der Waals surface area (Å²) >= 11 is 0. The Labute approximate surface area is 129 Å². The monoisotopic (exact) mass is 306 g/mol. The maximum atomic E-state index is 11.7. The van der Waals surface area contributed by atoms with Gasteiger partial charge in [-0.2, -0.15) is 0 Å². The summed E-state index contributed by atoms with van der Waals surface area (Å²) in [6, 6.07) is 0. The van der Waals surface area contributed by atoms with Gasteiger partial charge < -0.3 is 14.7 Å². The molecule has 2 fully saturated rings. The molecule has 2 saturated heterocycles. The molecule has 2 aliphatic heterocycles. The van der Waals surface area contributed by atoms with Crippen LogP contribution in [0.1, 0.15) is 17.7 Å². The molecule has 1 aromatic heterocycles. The first-order valence-corrected chi connectivity index (χ1v) is 7.64. The predicted octanol–water partition coefficient (Wildman–Crippen LogP) is 0.459. The number of nitrogens with zero attached hydrogens (tertiary/aromatic N) is 4. The van der Waals surface area contributed by atoms with Crippen molar-refractivity contribution in [1.82, 2.24) is 14.9 Å². The summed E-state index contributed by atoms with van der Waals surface area (Å²) in [5.41, 5.74) is 1.21. The SMILES string of the molecule is Cc1cnc(N2CCN(C3(C(=O)O)CCOC3)CC2)nc1C. The summed E-state index contributed by atoms with van der Waals surface area (Å²) in [7, 11) is 0. The smallest absolute Gasteiger partial charge is 0.326 e. The molecule has 120 valence electrons. The average molecular weight is 306 g/mol. The van der Waals surface area contributed by atoms with Gasteiger partial charge in [0.1, 0.15) is 5.54 Å². The lowest BCUT2D eigenvalue weighted by Crippen LogP contribution is -2.61. The van der Waals surface area contributed by atoms with Gasteiger partial charge in [0, 0.05) is 51.1 Å². The zero-order valence-electron chi connectivity index (χ0n) is 13.1. The van der Waals surface area contributed by atoms with Crippen molar-refractivity contribution in [2.45, 2.75) is 25.8 Å². The molecule has 1 aromatic rings. The van der Waals surface area contributed by atoms with Crippen molar-refractivity contribution >= 4 is 11.9 Å². The summed E-state index contributed by atoms with van der Waals surface area (Å²) in [5.74, 6) is -0.0457. The molecule has 0 amide bonds. The molecule has 0 radical (unpaired) electrons. The first-order chi connectivity index (χ1) is 10.5. The fourth-order valence-electron chi connectivity index (χ4n) is 3.11. The van der Waals surface area contributed by atoms with Crippen molar-refractivity contribution in [1.29, 1.82) is 0 Å². The van der Waals surface area contributed by atoms with Crippen LogP contribution in [0, 0.1) is 13.8 Å². The topological polar surface area (TPSA) is 78.8 Å². The lowest BCUT2D eigenvalue weighted by atomic mass is 9.95. The first kappa shape index (κ1) is 15.2. The highest BCUT2D eigenvalue weighted by Crippen LogP contribution is 2.28. The van der Waals surface area contributed by atoms with Crippen LogP contribution in [-0.4, -0.2) is 70.9 Å². The third kappa shape index (κ3) is 2.55. The number of carboxylic acids is 1. The molecule has 1 atom stereocenters. The Morgan fingerprint density at radius 2 is 2.05 bits per heavy atom. The molecule has 7 heteroatoms. The number of aromatic nitrogens is 2. The maximum Gasteiger partial charge on any atom is 0.326 e. The number of carboxylic acid groups (broad SMARTS) is 1. The number of hydrogen-bond acceptors (Lipinski definition) is 6. The molecule has 3 rings (SSSR count). The van der Waals surface area contributed by atoms with E-state index in [2.05, 4.69) is 14.9 Å². The summed E-state index contributed by atoms with van der Waals surface area (Å²) in [4.78, 5) is 24.8. The van der Waals surface area contributed by atoms with Crippen LogP contribution in [0.4, 0.5) is 5.95 Å². The molecule has 3 heterocycles. The Hall–Kier alpha value is -1.73. The zero-order chi connectivity index (χ0) is 15.7. The van der Waals surface area contributed by atoms with Gasteiger partial charge in [-0.15, -0.1) is 0 Å². The molecule has 1 unspecified atom stereocenters. The molecule has 0 spiro atoms. The van der Waals surface area contributed by atoms with Gasteiger partial charge in [0.25, 0.3) is 0 Å². The van der Waals surface area contributed by atoms with E-state index in [0.717, 1.165) is 30.3 Å². The molecular formula is C15H22N4O3. The van der Waals surface area contributed by atoms with Crippen LogP contribution in [0.5, 0.6) is 0 Å². The molecule has 1 N–H and O–H groups in total. The molecule has 0 aromatic carbocycles. The number of rotatable bonds is 3. The van der Waals surface area contributed by atoms with Gasteiger partial charge in [0.15, 0.2) is 0 Å². The number of ether oxygens (including phenoxy) is 1. The van der Waals surface area contributed by atoms with Crippen molar-refractivity contribution < 1.29 is 14.6 Å². The minimum absolute atomic E-state index is 0.280. The first-order valence-electron chi connectivity index (χ1n) is 7.64. The van der Waals surface area contributed by atoms with Gasteiger partial charge in [-0.3, -0.25) is 9.69 Å². The van der Waals surface area contributed by atoms with E-state index in [0.29, 0.717) is 26.1 Å². The number of carbonyl (C=O) groups is 1. The second-order valence-corrected chi connectivity index (χ2v) is 6.05. The van der Waals surface area contributed by atoms with E-state index in [4.69, 9.17) is 4.74 Å². The highest BCUT2D eigenvalue weighted by Gasteiger charge is 2.48. The van der Waals surface area contributed by atoms with E-state index in [1.54, 1.807) is 0 Å². The number of piperazine rings is 1. The van der Waals surface area contributed by atoms with Crippen molar-refractivity contribution in [2.24, 2.45) is 0 Å². The van der Waals surface area contributed by atoms with E-state index in [1.165, 1.54) is 0 Å². The number of aryl methyl sites for hydroxylation is 2. The van der Waals surface area contributed by atoms with E-state index >= 15 is 0 Å². The fourth-order valence-corrected chi connectivity index (χ4v) is 3.11. The minimum atomic E-state index is -0.851. The quantitative estimate of drug-likeness (QED) is 0.869. The van der Waals surface area contributed by atoms with Crippen LogP contribution in [0.2, 0.25) is 0 Å². The van der Waals surface area contributed by atoms with Gasteiger partial charge in [0.2, 0.25) is 5.95 Å². The Bertz CT molecular complexity index is 564. The molecule has 0 bridgehead atoms. The van der Waals surface area contributed by atoms with Gasteiger partial charge >= 0.3 is 5.97 Å². The normalized spacial score (nSPS) is 26.4. The number of aliphatic carboxylic acids is 1. The summed E-state index contributed by atoms with van der Waals surface area (Å²) < 4.78 is 5.35. The number of anilines is 1. The summed E-state index contributed by atoms with van der Waals surface area (Å²) in [6.45, 7) is 7.61. The second-order valence-electron chi connectivity index (χ2n) is 6.05. The van der Waals surface area contributed by atoms with Gasteiger partial charge in [-0.1, -0.05) is 0 Å². The van der Waals surface area contributed by atoms with Crippen LogP contribution in [-0.2, 0) is 9.53 Å². The standard InChI is InChI=1S/C15H22N4O3/c1-11-9-16-14(17-12(11)2)18-4-6-19(7-5-18)15(13(20)21)3-8-22-10-15/h9H,3-8,10H2,1-2H3,(H,20,21). The lowest BCUT2D eigenvalue weighted by Gasteiger charge is -2.42. The fraction of sp³-hybridized carbons (Fsp3) is 0.667. The third-order valence-electron chi connectivity index (χ3n) is 4.78. The molecule has 0 saturated carbocycles. The van der Waals surface area contributed by atoms with E-state index < -0.39 is 11.5 Å². The molecule has 7 nitrogen and oxygen atoms in total.